The summed E-state index contributed by atoms with van der Waals surface area (Å²) in [6.45, 7) is 60.2. The third-order valence-corrected chi connectivity index (χ3v) is 29.4. The van der Waals surface area contributed by atoms with Crippen molar-refractivity contribution in [1.29, 1.82) is 0 Å². The van der Waals surface area contributed by atoms with Crippen molar-refractivity contribution in [1.82, 2.24) is 37.4 Å². The molecular weight excluding hydrogens is 1040 g/mol. The van der Waals surface area contributed by atoms with Gasteiger partial charge in [-0.05, 0) is 109 Å². The van der Waals surface area contributed by atoms with Crippen LogP contribution >= 0.6 is 32.9 Å². The van der Waals surface area contributed by atoms with E-state index in [4.69, 9.17) is 0 Å². The highest BCUT2D eigenvalue weighted by Crippen LogP contribution is 2.73. The van der Waals surface area contributed by atoms with Crippen molar-refractivity contribution in [3.63, 3.8) is 0 Å². The fourth-order valence-electron chi connectivity index (χ4n) is 11.0. The van der Waals surface area contributed by atoms with Gasteiger partial charge in [0.1, 0.15) is 0 Å². The molecule has 0 bridgehead atoms. The van der Waals surface area contributed by atoms with Crippen LogP contribution in [0.5, 0.6) is 0 Å². The van der Waals surface area contributed by atoms with Crippen LogP contribution in [0.2, 0.25) is 0 Å². The average molecular weight is 1190 g/mol. The van der Waals surface area contributed by atoms with Crippen LogP contribution in [0.3, 0.4) is 0 Å². The monoisotopic (exact) mass is 1190 g/mol. The summed E-state index contributed by atoms with van der Waals surface area (Å²) in [5, 5.41) is 1.23. The lowest BCUT2D eigenvalue weighted by molar-refractivity contribution is 0.337. The van der Waals surface area contributed by atoms with Crippen molar-refractivity contribution in [2.24, 2.45) is 0 Å². The molecule has 12 heteroatoms. The summed E-state index contributed by atoms with van der Waals surface area (Å²) in [7, 11) is -2.60. The zero-order chi connectivity index (χ0) is 58.7. The maximum Gasteiger partial charge on any atom is 0.0546 e. The van der Waals surface area contributed by atoms with E-state index in [1.165, 1.54) is 317 Å². The van der Waals surface area contributed by atoms with Crippen molar-refractivity contribution in [3.05, 3.63) is 0 Å². The Morgan fingerprint density at radius 3 is 0.329 bits per heavy atom. The van der Waals surface area contributed by atoms with Crippen molar-refractivity contribution in [3.8, 4) is 0 Å². The fraction of sp³-hybridized carbons (Fsp3) is 1.00. The first-order chi connectivity index (χ1) is 38.7. The predicted molar refractivity (Wildman–Crippen MR) is 371 cm³/mol. The first-order valence-corrected chi connectivity index (χ1v) is 41.1. The van der Waals surface area contributed by atoms with Crippen molar-refractivity contribution in [2.45, 2.75) is 333 Å². The number of hydrogen-bond donors (Lipinski definition) is 0. The minimum absolute atomic E-state index is 0.617. The Balaban J connectivity index is 10.6. The van der Waals surface area contributed by atoms with Gasteiger partial charge in [-0.15, -0.1) is 0 Å². The van der Waals surface area contributed by atoms with Crippen LogP contribution in [0.15, 0.2) is 0 Å². The van der Waals surface area contributed by atoms with Gasteiger partial charge in [-0.3, -0.25) is 37.4 Å². The van der Waals surface area contributed by atoms with Gasteiger partial charge in [-0.2, -0.15) is 0 Å². The molecule has 0 heterocycles. The molecular formula is C67H148N8P4. The molecule has 0 aliphatic heterocycles. The van der Waals surface area contributed by atoms with Gasteiger partial charge in [0.25, 0.3) is 0 Å². The second kappa shape index (κ2) is 57.2. The van der Waals surface area contributed by atoms with E-state index in [1.807, 2.05) is 0 Å². The summed E-state index contributed by atoms with van der Waals surface area (Å²) >= 11 is 0. The second-order valence-electron chi connectivity index (χ2n) is 23.8. The van der Waals surface area contributed by atoms with E-state index in [1.54, 1.807) is 0 Å². The van der Waals surface area contributed by atoms with E-state index < -0.39 is 32.9 Å². The van der Waals surface area contributed by atoms with E-state index in [2.05, 4.69) is 148 Å². The molecule has 476 valence electrons. The largest absolute Gasteiger partial charge is 0.269 e. The molecule has 0 amide bonds. The zero-order valence-electron chi connectivity index (χ0n) is 57.2. The molecule has 0 aromatic carbocycles. The van der Waals surface area contributed by atoms with Crippen LogP contribution in [0.1, 0.15) is 323 Å². The van der Waals surface area contributed by atoms with Gasteiger partial charge in [0.05, 0.1) is 10.8 Å². The Morgan fingerprint density at radius 1 is 0.165 bits per heavy atom. The molecule has 0 spiro atoms. The number of hydrogen-bond acceptors (Lipinski definition) is 8. The molecule has 8 nitrogen and oxygen atoms in total. The van der Waals surface area contributed by atoms with Gasteiger partial charge in [0.15, 0.2) is 0 Å². The lowest BCUT2D eigenvalue weighted by Crippen LogP contribution is -2.45. The first kappa shape index (κ1) is 80.4. The summed E-state index contributed by atoms with van der Waals surface area (Å²) in [5.41, 5.74) is 0. The molecule has 0 rings (SSSR count). The van der Waals surface area contributed by atoms with Gasteiger partial charge >= 0.3 is 0 Å². The molecule has 0 aromatic rings. The molecule has 0 saturated carbocycles. The SMILES string of the molecule is CCCCN(CCCC)P(C(CC(P(N(CCCC)CCCC)N(CCCC)CCCC)P(N(CCCC)CCCC)N(CCCC)CCCC)P(N(CCCC)CCCC)N(CCCC)CCCC)N(CCCC)CCCC. The number of unbranched alkanes of at least 4 members (excludes halogenated alkanes) is 16. The quantitative estimate of drug-likeness (QED) is 0.0556. The minimum atomic E-state index is -0.650. The van der Waals surface area contributed by atoms with Crippen molar-refractivity contribution in [2.75, 3.05) is 105 Å². The Kier molecular flexibility index (Phi) is 58.2. The number of rotatable bonds is 62. The highest BCUT2D eigenvalue weighted by molar-refractivity contribution is 7.73. The van der Waals surface area contributed by atoms with Crippen LogP contribution < -0.4 is 0 Å². The van der Waals surface area contributed by atoms with Gasteiger partial charge in [-0.25, -0.2) is 0 Å². The average Bonchev–Trinajstić information content (AvgIpc) is 3.51. The van der Waals surface area contributed by atoms with Crippen LogP contribution in [-0.2, 0) is 0 Å². The Morgan fingerprint density at radius 2 is 0.253 bits per heavy atom. The Labute approximate surface area is 505 Å². The third-order valence-electron chi connectivity index (χ3n) is 16.1. The summed E-state index contributed by atoms with van der Waals surface area (Å²) in [6.07, 6.45) is 43.1. The summed E-state index contributed by atoms with van der Waals surface area (Å²) < 4.78 is 26.4. The van der Waals surface area contributed by atoms with Gasteiger partial charge in [-0.1, -0.05) is 214 Å². The lowest BCUT2D eigenvalue weighted by Gasteiger charge is -2.56. The van der Waals surface area contributed by atoms with Gasteiger partial charge < -0.3 is 0 Å². The molecule has 79 heavy (non-hydrogen) atoms. The molecule has 0 aliphatic carbocycles. The smallest absolute Gasteiger partial charge is 0.0546 e. The molecule has 0 radical (unpaired) electrons. The molecule has 0 aromatic heterocycles. The minimum Gasteiger partial charge on any atom is -0.269 e. The Bertz CT molecular complexity index is 922. The standard InChI is InChI=1S/C67H148N8P4/c1-17-33-49-68(50-34-18-2)76(69(51-35-19-3)52-36-20-4)66(77(70(53-37-21-5)54-38-22-6)71(55-39-23-7)56-40-24-8)65-67(78(72(57-41-25-9)58-42-26-10)73(59-43-27-11)60-44-28-12)79(74(61-45-29-13)62-46-30-14)75(63-47-31-15)64-48-32-16/h66-67H,17-65H2,1-16H3. The van der Waals surface area contributed by atoms with E-state index in [-0.39, 0.29) is 0 Å². The highest BCUT2D eigenvalue weighted by atomic mass is 31.2. The van der Waals surface area contributed by atoms with Gasteiger partial charge in [0, 0.05) is 138 Å². The van der Waals surface area contributed by atoms with E-state index in [0.717, 1.165) is 0 Å². The molecule has 0 atom stereocenters. The molecule has 0 N–H and O–H groups in total. The van der Waals surface area contributed by atoms with Crippen LogP contribution in [-0.4, -0.2) is 153 Å². The highest BCUT2D eigenvalue weighted by Gasteiger charge is 2.50. The van der Waals surface area contributed by atoms with E-state index in [0.29, 0.717) is 10.8 Å². The summed E-state index contributed by atoms with van der Waals surface area (Å²) in [5.74, 6) is 0. The first-order valence-electron chi connectivity index (χ1n) is 35.8. The van der Waals surface area contributed by atoms with E-state index in [9.17, 15) is 0 Å². The van der Waals surface area contributed by atoms with Crippen LogP contribution in [0, 0.1) is 0 Å². The Hall–Kier alpha value is 1.40. The molecule has 0 fully saturated rings. The van der Waals surface area contributed by atoms with Gasteiger partial charge in [0.2, 0.25) is 0 Å². The third kappa shape index (κ3) is 34.5. The molecule has 0 aliphatic rings. The van der Waals surface area contributed by atoms with E-state index >= 15 is 0 Å². The zero-order valence-corrected chi connectivity index (χ0v) is 60.7. The van der Waals surface area contributed by atoms with Crippen molar-refractivity contribution >= 4 is 32.9 Å². The summed E-state index contributed by atoms with van der Waals surface area (Å²) in [4.78, 5) is 0. The maximum atomic E-state index is 3.31. The predicted octanol–water partition coefficient (Wildman–Crippen LogP) is 22.5. The topological polar surface area (TPSA) is 25.9 Å². The maximum absolute atomic E-state index is 3.31. The molecule has 0 unspecified atom stereocenters. The fourth-order valence-corrected chi connectivity index (χ4v) is 28.2. The molecule has 0 saturated heterocycles. The van der Waals surface area contributed by atoms with Crippen LogP contribution in [0.25, 0.3) is 0 Å². The lowest BCUT2D eigenvalue weighted by atomic mass is 10.3. The second-order valence-corrected chi connectivity index (χ2v) is 34.2. The normalized spacial score (nSPS) is 12.8. The van der Waals surface area contributed by atoms with Crippen molar-refractivity contribution < 1.29 is 0 Å². The summed E-state index contributed by atoms with van der Waals surface area (Å²) in [6, 6.07) is 0. The van der Waals surface area contributed by atoms with Crippen LogP contribution in [0.4, 0.5) is 0 Å². The number of nitrogens with zero attached hydrogens (tertiary/aromatic N) is 8.